The molecular formula is C33H46ClN4O+. The lowest BCUT2D eigenvalue weighted by Crippen LogP contribution is -2.59. The molecule has 0 aromatic heterocycles. The molecule has 0 saturated carbocycles. The Kier molecular flexibility index (Phi) is 8.91. The molecule has 4 heterocycles. The summed E-state index contributed by atoms with van der Waals surface area (Å²) in [7, 11) is 0. The monoisotopic (exact) mass is 549 g/mol. The predicted octanol–water partition coefficient (Wildman–Crippen LogP) is 6.47. The summed E-state index contributed by atoms with van der Waals surface area (Å²) in [6.45, 7) is 11.3. The zero-order valence-electron chi connectivity index (χ0n) is 23.6. The highest BCUT2D eigenvalue weighted by Crippen LogP contribution is 2.41. The maximum absolute atomic E-state index is 6.43. The second-order valence-corrected chi connectivity index (χ2v) is 12.6. The number of halogens is 1. The summed E-state index contributed by atoms with van der Waals surface area (Å²) >= 11 is 6.15. The van der Waals surface area contributed by atoms with Crippen LogP contribution in [0.25, 0.3) is 6.08 Å². The number of piperidine rings is 3. The molecule has 2 aromatic carbocycles. The van der Waals surface area contributed by atoms with E-state index in [1.54, 1.807) is 0 Å². The van der Waals surface area contributed by atoms with Crippen LogP contribution < -0.4 is 9.22 Å². The van der Waals surface area contributed by atoms with E-state index in [-0.39, 0.29) is 0 Å². The molecule has 0 N–H and O–H groups in total. The van der Waals surface area contributed by atoms with E-state index in [0.717, 1.165) is 41.1 Å². The van der Waals surface area contributed by atoms with Crippen molar-refractivity contribution in [3.8, 4) is 5.75 Å². The average Bonchev–Trinajstić information content (AvgIpc) is 3.30. The van der Waals surface area contributed by atoms with E-state index < -0.39 is 0 Å². The molecule has 6 heteroatoms. The largest absolute Gasteiger partial charge is 0.483 e. The molecule has 1 unspecified atom stereocenters. The van der Waals surface area contributed by atoms with Crippen molar-refractivity contribution in [2.45, 2.75) is 57.4 Å². The number of hydrogen-bond acceptors (Lipinski definition) is 4. The summed E-state index contributed by atoms with van der Waals surface area (Å²) < 4.78 is 7.32. The minimum Gasteiger partial charge on any atom is -0.483 e. The van der Waals surface area contributed by atoms with Gasteiger partial charge in [-0.25, -0.2) is 4.48 Å². The van der Waals surface area contributed by atoms with Crippen LogP contribution in [0, 0.1) is 0 Å². The van der Waals surface area contributed by atoms with Gasteiger partial charge >= 0.3 is 0 Å². The van der Waals surface area contributed by atoms with Crippen molar-refractivity contribution in [3.05, 3.63) is 64.8 Å². The van der Waals surface area contributed by atoms with Gasteiger partial charge in [0.1, 0.15) is 24.7 Å². The second kappa shape index (κ2) is 12.7. The van der Waals surface area contributed by atoms with Crippen LogP contribution in [0.1, 0.15) is 56.9 Å². The zero-order valence-corrected chi connectivity index (χ0v) is 24.3. The molecule has 5 nitrogen and oxygen atoms in total. The molecule has 210 valence electrons. The zero-order chi connectivity index (χ0) is 26.5. The van der Waals surface area contributed by atoms with Gasteiger partial charge in [-0.15, -0.1) is 0 Å². The average molecular weight is 550 g/mol. The Morgan fingerprint density at radius 2 is 1.46 bits per heavy atom. The molecule has 3 saturated heterocycles. The maximum Gasteiger partial charge on any atom is 0.163 e. The Morgan fingerprint density at radius 3 is 2.21 bits per heavy atom. The Balaban J connectivity index is 1.22. The van der Waals surface area contributed by atoms with E-state index in [0.29, 0.717) is 6.61 Å². The van der Waals surface area contributed by atoms with Crippen molar-refractivity contribution in [1.29, 1.82) is 0 Å². The highest BCUT2D eigenvalue weighted by molar-refractivity contribution is 6.30. The highest BCUT2D eigenvalue weighted by Gasteiger charge is 2.44. The van der Waals surface area contributed by atoms with Crippen molar-refractivity contribution >= 4 is 23.4 Å². The van der Waals surface area contributed by atoms with Gasteiger partial charge in [-0.05, 0) is 95.0 Å². The summed E-state index contributed by atoms with van der Waals surface area (Å²) in [6.07, 6.45) is 13.3. The molecule has 0 radical (unpaired) electrons. The predicted molar refractivity (Wildman–Crippen MR) is 163 cm³/mol. The van der Waals surface area contributed by atoms with Crippen molar-refractivity contribution in [2.75, 3.05) is 65.6 Å². The first kappa shape index (κ1) is 27.3. The summed E-state index contributed by atoms with van der Waals surface area (Å²) in [5.41, 5.74) is 4.18. The normalized spacial score (nSPS) is 25.4. The first-order valence-electron chi connectivity index (χ1n) is 15.4. The molecule has 3 fully saturated rings. The molecule has 0 aliphatic carbocycles. The fourth-order valence-corrected chi connectivity index (χ4v) is 7.48. The number of benzene rings is 2. The summed E-state index contributed by atoms with van der Waals surface area (Å²) in [5, 5.41) is 0.745. The molecule has 39 heavy (non-hydrogen) atoms. The van der Waals surface area contributed by atoms with Gasteiger partial charge in [0.05, 0.1) is 0 Å². The number of ether oxygens (including phenoxy) is 1. The van der Waals surface area contributed by atoms with Crippen LogP contribution in [0.5, 0.6) is 5.75 Å². The Hall–Kier alpha value is -1.89. The lowest BCUT2D eigenvalue weighted by Gasteiger charge is -2.45. The maximum atomic E-state index is 6.43. The third-order valence-corrected chi connectivity index (χ3v) is 9.87. The van der Waals surface area contributed by atoms with Gasteiger partial charge in [0, 0.05) is 48.4 Å². The standard InChI is InChI=1S/C33H46ClN4O/c34-29-11-13-32(14-12-29)39-26-31-25-28-9-3-4-10-33(28)38(31,24-23-35-17-5-1-6-18-35)27-36-21-15-30(16-22-36)37-19-7-2-8-20-37/h3-4,9-14,25,30H,1-2,5-8,15-24,26-27H2/q+1. The van der Waals surface area contributed by atoms with E-state index in [1.165, 1.54) is 108 Å². The second-order valence-electron chi connectivity index (χ2n) is 12.1. The molecule has 2 aromatic rings. The van der Waals surface area contributed by atoms with Crippen molar-refractivity contribution in [3.63, 3.8) is 0 Å². The highest BCUT2D eigenvalue weighted by atomic mass is 35.5. The molecular weight excluding hydrogens is 504 g/mol. The first-order chi connectivity index (χ1) is 19.2. The van der Waals surface area contributed by atoms with E-state index >= 15 is 0 Å². The molecule has 6 rings (SSSR count). The van der Waals surface area contributed by atoms with Gasteiger partial charge < -0.3 is 9.64 Å². The smallest absolute Gasteiger partial charge is 0.163 e. The number of rotatable bonds is 9. The van der Waals surface area contributed by atoms with Crippen LogP contribution in [0.4, 0.5) is 5.69 Å². The summed E-state index contributed by atoms with van der Waals surface area (Å²) in [6, 6.07) is 17.7. The van der Waals surface area contributed by atoms with Crippen LogP contribution in [0.15, 0.2) is 54.2 Å². The Morgan fingerprint density at radius 1 is 0.769 bits per heavy atom. The van der Waals surface area contributed by atoms with Crippen LogP contribution >= 0.6 is 11.6 Å². The molecule has 4 aliphatic heterocycles. The lowest BCUT2D eigenvalue weighted by molar-refractivity contribution is 0.0643. The van der Waals surface area contributed by atoms with Crippen molar-refractivity contribution in [1.82, 2.24) is 19.2 Å². The van der Waals surface area contributed by atoms with Gasteiger partial charge in [0.15, 0.2) is 12.3 Å². The van der Waals surface area contributed by atoms with E-state index in [2.05, 4.69) is 45.0 Å². The van der Waals surface area contributed by atoms with E-state index in [4.69, 9.17) is 16.3 Å². The van der Waals surface area contributed by atoms with Crippen LogP contribution in [-0.4, -0.2) is 86.4 Å². The first-order valence-corrected chi connectivity index (χ1v) is 15.8. The lowest BCUT2D eigenvalue weighted by atomic mass is 10.00. The quantitative estimate of drug-likeness (QED) is 0.333. The number of nitrogens with zero attached hydrogens (tertiary/aromatic N) is 4. The number of likely N-dealkylation sites (tertiary alicyclic amines) is 3. The van der Waals surface area contributed by atoms with Gasteiger partial charge in [0.2, 0.25) is 0 Å². The summed E-state index contributed by atoms with van der Waals surface area (Å²) in [4.78, 5) is 8.25. The molecule has 0 bridgehead atoms. The number of fused-ring (bicyclic) bond motifs is 1. The van der Waals surface area contributed by atoms with Crippen LogP contribution in [0.2, 0.25) is 5.02 Å². The Bertz CT molecular complexity index is 1100. The van der Waals surface area contributed by atoms with Gasteiger partial charge in [-0.1, -0.05) is 36.6 Å². The topological polar surface area (TPSA) is 19.0 Å². The van der Waals surface area contributed by atoms with Gasteiger partial charge in [-0.3, -0.25) is 9.80 Å². The fourth-order valence-electron chi connectivity index (χ4n) is 7.36. The molecule has 0 amide bonds. The van der Waals surface area contributed by atoms with Crippen LogP contribution in [-0.2, 0) is 0 Å². The minimum atomic E-state index is 0.598. The molecule has 4 aliphatic rings. The fraction of sp³-hybridized carbons (Fsp3) is 0.576. The summed E-state index contributed by atoms with van der Waals surface area (Å²) in [5.74, 6) is 0.882. The van der Waals surface area contributed by atoms with Crippen LogP contribution in [0.3, 0.4) is 0 Å². The molecule has 0 spiro atoms. The van der Waals surface area contributed by atoms with E-state index in [9.17, 15) is 0 Å². The number of hydrogen-bond donors (Lipinski definition) is 0. The third kappa shape index (κ3) is 6.39. The SMILES string of the molecule is Clc1ccc(OCC2=Cc3ccccc3[N+]2(CCN2CCCCC2)CN2CCC(N3CCCCC3)CC2)cc1. The Labute approximate surface area is 240 Å². The number of para-hydroxylation sites is 1. The van der Waals surface area contributed by atoms with Crippen molar-refractivity contribution < 1.29 is 4.74 Å². The van der Waals surface area contributed by atoms with Crippen molar-refractivity contribution in [2.24, 2.45) is 0 Å². The van der Waals surface area contributed by atoms with Gasteiger partial charge in [0.25, 0.3) is 0 Å². The van der Waals surface area contributed by atoms with E-state index in [1.807, 2.05) is 24.3 Å². The third-order valence-electron chi connectivity index (χ3n) is 9.62. The van der Waals surface area contributed by atoms with Gasteiger partial charge in [-0.2, -0.15) is 0 Å². The molecule has 1 atom stereocenters. The number of quaternary nitrogens is 1. The minimum absolute atomic E-state index is 0.598.